The van der Waals surface area contributed by atoms with E-state index < -0.39 is 12.6 Å². The maximum absolute atomic E-state index is 12.3. The van der Waals surface area contributed by atoms with Crippen molar-refractivity contribution < 1.29 is 23.9 Å². The number of nitrogens with one attached hydrogen (secondary N) is 1. The molecule has 1 saturated heterocycles. The normalized spacial score (nSPS) is 17.0. The summed E-state index contributed by atoms with van der Waals surface area (Å²) in [6.07, 6.45) is 2.35. The lowest BCUT2D eigenvalue weighted by Gasteiger charge is -2.17. The van der Waals surface area contributed by atoms with Gasteiger partial charge in [-0.3, -0.25) is 19.3 Å². The van der Waals surface area contributed by atoms with Crippen LogP contribution in [-0.4, -0.2) is 36.8 Å². The van der Waals surface area contributed by atoms with Gasteiger partial charge in [0.25, 0.3) is 5.91 Å². The summed E-state index contributed by atoms with van der Waals surface area (Å²) in [6, 6.07) is 16.1. The van der Waals surface area contributed by atoms with Gasteiger partial charge in [-0.05, 0) is 36.6 Å². The monoisotopic (exact) mass is 406 g/mol. The minimum Gasteiger partial charge on any atom is -0.452 e. The molecule has 1 aliphatic carbocycles. The van der Waals surface area contributed by atoms with Gasteiger partial charge in [0.05, 0.1) is 11.3 Å². The smallest absolute Gasteiger partial charge is 0.338 e. The second-order valence-electron chi connectivity index (χ2n) is 7.67. The molecule has 2 aliphatic rings. The fraction of sp³-hybridized carbons (Fsp3) is 0.304. The summed E-state index contributed by atoms with van der Waals surface area (Å²) in [5.41, 5.74) is 1.69. The Morgan fingerprint density at radius 3 is 2.33 bits per heavy atom. The summed E-state index contributed by atoms with van der Waals surface area (Å²) >= 11 is 0. The number of anilines is 1. The molecule has 1 heterocycles. The minimum absolute atomic E-state index is 0.0237. The molecule has 0 atom stereocenters. The van der Waals surface area contributed by atoms with Crippen molar-refractivity contribution in [1.82, 2.24) is 5.32 Å². The van der Waals surface area contributed by atoms with E-state index in [-0.39, 0.29) is 41.5 Å². The van der Waals surface area contributed by atoms with Crippen LogP contribution in [0.25, 0.3) is 0 Å². The highest BCUT2D eigenvalue weighted by Crippen LogP contribution is 2.47. The van der Waals surface area contributed by atoms with E-state index in [1.165, 1.54) is 17.7 Å². The number of rotatable bonds is 7. The van der Waals surface area contributed by atoms with Crippen molar-refractivity contribution in [3.05, 3.63) is 65.7 Å². The van der Waals surface area contributed by atoms with E-state index in [9.17, 15) is 19.2 Å². The summed E-state index contributed by atoms with van der Waals surface area (Å²) in [5.74, 6) is -1.64. The van der Waals surface area contributed by atoms with E-state index in [0.29, 0.717) is 12.2 Å². The number of hydrogen-bond acceptors (Lipinski definition) is 5. The molecule has 2 fully saturated rings. The van der Waals surface area contributed by atoms with Gasteiger partial charge in [-0.1, -0.05) is 36.4 Å². The molecule has 3 amide bonds. The Balaban J connectivity index is 1.31. The molecule has 0 bridgehead atoms. The van der Waals surface area contributed by atoms with Gasteiger partial charge in [-0.2, -0.15) is 0 Å². The molecule has 2 aromatic carbocycles. The Morgan fingerprint density at radius 1 is 0.967 bits per heavy atom. The predicted octanol–water partition coefficient (Wildman–Crippen LogP) is 2.34. The highest BCUT2D eigenvalue weighted by atomic mass is 16.5. The molecule has 154 valence electrons. The van der Waals surface area contributed by atoms with Crippen LogP contribution in [-0.2, 0) is 24.5 Å². The molecule has 0 radical (unpaired) electrons. The number of benzene rings is 2. The van der Waals surface area contributed by atoms with Crippen LogP contribution >= 0.6 is 0 Å². The minimum atomic E-state index is -0.685. The third-order valence-electron chi connectivity index (χ3n) is 5.59. The van der Waals surface area contributed by atoms with E-state index >= 15 is 0 Å². The van der Waals surface area contributed by atoms with Gasteiger partial charge in [-0.15, -0.1) is 0 Å². The van der Waals surface area contributed by atoms with E-state index in [1.807, 2.05) is 18.2 Å². The molecular weight excluding hydrogens is 384 g/mol. The van der Waals surface area contributed by atoms with Crippen molar-refractivity contribution in [1.29, 1.82) is 0 Å². The first-order valence-electron chi connectivity index (χ1n) is 9.94. The van der Waals surface area contributed by atoms with Crippen LogP contribution in [0.5, 0.6) is 0 Å². The number of ether oxygens (including phenoxy) is 1. The third kappa shape index (κ3) is 4.10. The first kappa shape index (κ1) is 19.8. The predicted molar refractivity (Wildman–Crippen MR) is 109 cm³/mol. The largest absolute Gasteiger partial charge is 0.452 e. The average Bonchev–Trinajstić information content (AvgIpc) is 3.49. The van der Waals surface area contributed by atoms with Crippen molar-refractivity contribution >= 4 is 29.4 Å². The topological polar surface area (TPSA) is 92.8 Å². The summed E-state index contributed by atoms with van der Waals surface area (Å²) in [6.45, 7) is 0.109. The molecule has 30 heavy (non-hydrogen) atoms. The Bertz CT molecular complexity index is 982. The van der Waals surface area contributed by atoms with Gasteiger partial charge in [0.2, 0.25) is 11.8 Å². The molecule has 0 spiro atoms. The SMILES string of the molecule is O=C(COC(=O)c1cccc(N2C(=O)CCC2=O)c1)NCC1(c2ccccc2)CC1. The maximum atomic E-state index is 12.3. The van der Waals surface area contributed by atoms with Crippen LogP contribution in [0.2, 0.25) is 0 Å². The lowest BCUT2D eigenvalue weighted by molar-refractivity contribution is -0.124. The van der Waals surface area contributed by atoms with E-state index in [1.54, 1.807) is 12.1 Å². The van der Waals surface area contributed by atoms with Gasteiger partial charge in [0.1, 0.15) is 0 Å². The Kier molecular flexibility index (Phi) is 5.35. The zero-order valence-corrected chi connectivity index (χ0v) is 16.4. The number of imide groups is 1. The Hall–Kier alpha value is -3.48. The lowest BCUT2D eigenvalue weighted by atomic mass is 9.96. The molecule has 1 N–H and O–H groups in total. The van der Waals surface area contributed by atoms with Crippen LogP contribution in [0.1, 0.15) is 41.6 Å². The van der Waals surface area contributed by atoms with Gasteiger partial charge in [0.15, 0.2) is 6.61 Å². The van der Waals surface area contributed by atoms with Gasteiger partial charge in [0, 0.05) is 24.8 Å². The van der Waals surface area contributed by atoms with Crippen LogP contribution < -0.4 is 10.2 Å². The molecule has 2 aromatic rings. The second kappa shape index (κ2) is 8.10. The van der Waals surface area contributed by atoms with Crippen molar-refractivity contribution in [2.24, 2.45) is 0 Å². The van der Waals surface area contributed by atoms with Gasteiger partial charge >= 0.3 is 5.97 Å². The molecule has 1 saturated carbocycles. The summed E-state index contributed by atoms with van der Waals surface area (Å²) in [7, 11) is 0. The summed E-state index contributed by atoms with van der Waals surface area (Å²) in [4.78, 5) is 49.3. The summed E-state index contributed by atoms with van der Waals surface area (Å²) < 4.78 is 5.11. The van der Waals surface area contributed by atoms with Crippen LogP contribution in [0.15, 0.2) is 54.6 Å². The zero-order valence-electron chi connectivity index (χ0n) is 16.4. The van der Waals surface area contributed by atoms with Crippen LogP contribution in [0.3, 0.4) is 0 Å². The Labute approximate surface area is 174 Å². The zero-order chi connectivity index (χ0) is 21.1. The fourth-order valence-electron chi connectivity index (χ4n) is 3.68. The number of hydrogen-bond donors (Lipinski definition) is 1. The van der Waals surface area contributed by atoms with Crippen LogP contribution in [0, 0.1) is 0 Å². The van der Waals surface area contributed by atoms with Crippen LogP contribution in [0.4, 0.5) is 5.69 Å². The Morgan fingerprint density at radius 2 is 1.67 bits per heavy atom. The number of carbonyl (C=O) groups is 4. The van der Waals surface area contributed by atoms with E-state index in [2.05, 4.69) is 17.4 Å². The quantitative estimate of drug-likeness (QED) is 0.563. The summed E-state index contributed by atoms with van der Waals surface area (Å²) in [5, 5.41) is 2.84. The third-order valence-corrected chi connectivity index (χ3v) is 5.59. The van der Waals surface area contributed by atoms with Crippen molar-refractivity contribution in [3.63, 3.8) is 0 Å². The molecule has 1 aliphatic heterocycles. The first-order valence-corrected chi connectivity index (χ1v) is 9.94. The molecule has 7 heteroatoms. The van der Waals surface area contributed by atoms with E-state index in [0.717, 1.165) is 17.7 Å². The van der Waals surface area contributed by atoms with Crippen molar-refractivity contribution in [2.75, 3.05) is 18.1 Å². The number of esters is 1. The van der Waals surface area contributed by atoms with Gasteiger partial charge < -0.3 is 10.1 Å². The first-order chi connectivity index (χ1) is 14.5. The number of amides is 3. The number of nitrogens with zero attached hydrogens (tertiary/aromatic N) is 1. The highest BCUT2D eigenvalue weighted by Gasteiger charge is 2.44. The fourth-order valence-corrected chi connectivity index (χ4v) is 3.68. The maximum Gasteiger partial charge on any atom is 0.338 e. The highest BCUT2D eigenvalue weighted by molar-refractivity contribution is 6.20. The van der Waals surface area contributed by atoms with Gasteiger partial charge in [-0.25, -0.2) is 4.79 Å². The lowest BCUT2D eigenvalue weighted by Crippen LogP contribution is -2.35. The molecule has 4 rings (SSSR count). The number of carbonyl (C=O) groups excluding carboxylic acids is 4. The molecule has 0 aromatic heterocycles. The molecular formula is C23H22N2O5. The molecule has 0 unspecified atom stereocenters. The average molecular weight is 406 g/mol. The van der Waals surface area contributed by atoms with Crippen molar-refractivity contribution in [2.45, 2.75) is 31.1 Å². The van der Waals surface area contributed by atoms with Crippen molar-refractivity contribution in [3.8, 4) is 0 Å². The molecule has 7 nitrogen and oxygen atoms in total. The second-order valence-corrected chi connectivity index (χ2v) is 7.67. The standard InChI is InChI=1S/C23H22N2O5/c26-19(24-15-23(11-12-23)17-6-2-1-3-7-17)14-30-22(29)16-5-4-8-18(13-16)25-20(27)9-10-21(25)28/h1-8,13H,9-12,14-15H2,(H,24,26). The van der Waals surface area contributed by atoms with E-state index in [4.69, 9.17) is 4.74 Å².